The van der Waals surface area contributed by atoms with Gasteiger partial charge in [0.2, 0.25) is 0 Å². The molecule has 19 nitrogen and oxygen atoms in total. The number of fused-ring (bicyclic) bond motifs is 2. The van der Waals surface area contributed by atoms with Gasteiger partial charge in [0.1, 0.15) is 20.7 Å². The predicted octanol–water partition coefficient (Wildman–Crippen LogP) is 6.46. The molecule has 0 aliphatic rings. The van der Waals surface area contributed by atoms with Crippen molar-refractivity contribution in [2.24, 2.45) is 0 Å². The molecule has 0 saturated carbocycles. The zero-order valence-electron chi connectivity index (χ0n) is 28.9. The van der Waals surface area contributed by atoms with Gasteiger partial charge in [0.25, 0.3) is 42.2 Å². The third-order valence-corrected chi connectivity index (χ3v) is 11.7. The van der Waals surface area contributed by atoms with Crippen molar-refractivity contribution in [3.8, 4) is 0 Å². The maximum Gasteiger partial charge on any atom is 0.323 e. The molecular formula is C35H28N4O15S4. The summed E-state index contributed by atoms with van der Waals surface area (Å²) in [5.74, 6) is -1.37. The number of nitrogens with one attached hydrogen (secondary N) is 4. The van der Waals surface area contributed by atoms with Crippen LogP contribution < -0.4 is 21.3 Å². The van der Waals surface area contributed by atoms with E-state index in [4.69, 9.17) is 0 Å². The second-order valence-electron chi connectivity index (χ2n) is 12.3. The summed E-state index contributed by atoms with van der Waals surface area (Å²) in [7, 11) is -19.0. The standard InChI is InChI=1S/C35H28N4O15S4/c40-33(36-25-7-9-29-21(13-25)15-27(55(43,44)45)17-31(29)57(49,50)51)19-3-1-5-23(11-19)38-35(42)39-24-6-2-4-20(12-24)34(41)37-26-8-10-30-22(14-26)16-28(56(46,47)48)18-32(30)58(52,53)54/h1-18,43-45H,(H,36,40)(H,37,41)(H2,38,39,42)(H,46,47,48)(H,49,50,51)(H,52,53,54). The van der Waals surface area contributed by atoms with E-state index in [0.717, 1.165) is 12.1 Å². The summed E-state index contributed by atoms with van der Waals surface area (Å²) in [5, 5.41) is 10.1. The molecule has 0 radical (unpaired) electrons. The Bertz CT molecular complexity index is 3040. The Balaban J connectivity index is 1.14. The van der Waals surface area contributed by atoms with Gasteiger partial charge in [-0.15, -0.1) is 0 Å². The van der Waals surface area contributed by atoms with Crippen LogP contribution in [-0.4, -0.2) is 70.4 Å². The lowest BCUT2D eigenvalue weighted by atomic mass is 10.1. The van der Waals surface area contributed by atoms with Gasteiger partial charge in [-0.1, -0.05) is 24.3 Å². The Morgan fingerprint density at radius 1 is 0.414 bits per heavy atom. The minimum atomic E-state index is -4.92. The Morgan fingerprint density at radius 3 is 1.21 bits per heavy atom. The predicted molar refractivity (Wildman–Crippen MR) is 213 cm³/mol. The molecule has 0 saturated heterocycles. The van der Waals surface area contributed by atoms with Crippen LogP contribution in [0.2, 0.25) is 0 Å². The number of benzene rings is 6. The second-order valence-corrected chi connectivity index (χ2v) is 18.0. The van der Waals surface area contributed by atoms with Crippen LogP contribution in [0.15, 0.2) is 129 Å². The molecule has 0 aliphatic carbocycles. The molecule has 0 bridgehead atoms. The minimum absolute atomic E-state index is 0.0213. The average molecular weight is 873 g/mol. The highest BCUT2D eigenvalue weighted by molar-refractivity contribution is 8.19. The maximum atomic E-state index is 13.1. The van der Waals surface area contributed by atoms with Crippen molar-refractivity contribution < 1.29 is 67.0 Å². The fourth-order valence-corrected chi connectivity index (χ4v) is 8.41. The van der Waals surface area contributed by atoms with Gasteiger partial charge in [-0.25, -0.2) is 4.79 Å². The van der Waals surface area contributed by atoms with Crippen LogP contribution in [0.1, 0.15) is 20.7 Å². The summed E-state index contributed by atoms with van der Waals surface area (Å²) in [5.41, 5.74) is 0.625. The smallest absolute Gasteiger partial charge is 0.322 e. The molecule has 0 aromatic heterocycles. The van der Waals surface area contributed by atoms with Crippen LogP contribution in [0.4, 0.5) is 27.5 Å². The van der Waals surface area contributed by atoms with Crippen molar-refractivity contribution >= 4 is 103 Å². The zero-order valence-corrected chi connectivity index (χ0v) is 32.1. The monoisotopic (exact) mass is 872 g/mol. The molecular weight excluding hydrogens is 845 g/mol. The van der Waals surface area contributed by atoms with Gasteiger partial charge in [0, 0.05) is 44.6 Å². The Morgan fingerprint density at radius 2 is 0.810 bits per heavy atom. The van der Waals surface area contributed by atoms with Crippen LogP contribution in [0.3, 0.4) is 0 Å². The average Bonchev–Trinajstić information content (AvgIpc) is 3.12. The SMILES string of the molecule is O=C(Nc1cccc(C(=O)Nc2ccc3c(S(=O)(=O)O)cc(S(O)(O)O)cc3c2)c1)Nc1cccc(C(=O)Nc2ccc3c(S(=O)(=O)O)cc(S(=O)(=O)O)cc3c2)c1. The quantitative estimate of drug-likeness (QED) is 0.0660. The highest BCUT2D eigenvalue weighted by Gasteiger charge is 2.24. The van der Waals surface area contributed by atoms with Crippen LogP contribution in [0.25, 0.3) is 21.5 Å². The van der Waals surface area contributed by atoms with Gasteiger partial charge in [-0.2, -0.15) is 25.3 Å². The number of anilines is 4. The molecule has 23 heteroatoms. The Kier molecular flexibility index (Phi) is 11.1. The van der Waals surface area contributed by atoms with E-state index in [1.165, 1.54) is 84.9 Å². The number of hydrogen-bond acceptors (Lipinski definition) is 12. The second kappa shape index (κ2) is 15.4. The van der Waals surface area contributed by atoms with Crippen molar-refractivity contribution in [3.63, 3.8) is 0 Å². The zero-order chi connectivity index (χ0) is 42.4. The van der Waals surface area contributed by atoms with Gasteiger partial charge in [-0.05, 0) is 95.7 Å². The van der Waals surface area contributed by atoms with Gasteiger partial charge in [0.05, 0.1) is 9.79 Å². The van der Waals surface area contributed by atoms with Crippen molar-refractivity contribution in [1.29, 1.82) is 0 Å². The molecule has 4 amide bonds. The summed E-state index contributed by atoms with van der Waals surface area (Å²) in [6.45, 7) is 0. The van der Waals surface area contributed by atoms with Gasteiger partial charge < -0.3 is 34.9 Å². The third-order valence-electron chi connectivity index (χ3n) is 8.23. The fourth-order valence-electron chi connectivity index (χ4n) is 5.68. The first-order chi connectivity index (χ1) is 27.0. The van der Waals surface area contributed by atoms with Crippen LogP contribution in [0, 0.1) is 0 Å². The van der Waals surface area contributed by atoms with E-state index in [1.54, 1.807) is 0 Å². The van der Waals surface area contributed by atoms with Crippen LogP contribution >= 0.6 is 10.9 Å². The molecule has 0 spiro atoms. The van der Waals surface area contributed by atoms with Gasteiger partial charge in [-0.3, -0.25) is 23.2 Å². The van der Waals surface area contributed by atoms with Crippen molar-refractivity contribution in [2.45, 2.75) is 19.6 Å². The number of hydrogen-bond donors (Lipinski definition) is 10. The maximum absolute atomic E-state index is 13.1. The summed E-state index contributed by atoms with van der Waals surface area (Å²) in [4.78, 5) is 36.3. The number of amides is 4. The highest BCUT2D eigenvalue weighted by Crippen LogP contribution is 2.46. The molecule has 0 aliphatic heterocycles. The molecule has 6 rings (SSSR count). The van der Waals surface area contributed by atoms with Crippen molar-refractivity contribution in [1.82, 2.24) is 0 Å². The molecule has 58 heavy (non-hydrogen) atoms. The minimum Gasteiger partial charge on any atom is -0.322 e. The van der Waals surface area contributed by atoms with E-state index >= 15 is 0 Å². The first-order valence-electron chi connectivity index (χ1n) is 16.0. The van der Waals surface area contributed by atoms with E-state index < -0.39 is 78.7 Å². The van der Waals surface area contributed by atoms with E-state index in [1.807, 2.05) is 0 Å². The molecule has 10 N–H and O–H groups in total. The first-order valence-corrected chi connectivity index (χ1v) is 21.8. The molecule has 0 atom stereocenters. The van der Waals surface area contributed by atoms with Crippen molar-refractivity contribution in [3.05, 3.63) is 120 Å². The highest BCUT2D eigenvalue weighted by atomic mass is 32.3. The van der Waals surface area contributed by atoms with Crippen molar-refractivity contribution in [2.75, 3.05) is 21.3 Å². The Labute approximate surface area is 330 Å². The number of rotatable bonds is 10. The summed E-state index contributed by atoms with van der Waals surface area (Å²) in [6, 6.07) is 21.5. The molecule has 0 fully saturated rings. The number of carbonyl (C=O) groups is 3. The first kappa shape index (κ1) is 41.6. The lowest BCUT2D eigenvalue weighted by Gasteiger charge is -2.20. The lowest BCUT2D eigenvalue weighted by Crippen LogP contribution is -2.20. The summed E-state index contributed by atoms with van der Waals surface area (Å²) >= 11 is 0. The molecule has 6 aromatic carbocycles. The molecule has 0 heterocycles. The normalized spacial score (nSPS) is 12.5. The number of carbonyl (C=O) groups excluding carboxylic acids is 3. The molecule has 6 aromatic rings. The summed E-state index contributed by atoms with van der Waals surface area (Å²) < 4.78 is 129. The van der Waals surface area contributed by atoms with E-state index in [0.29, 0.717) is 12.1 Å². The molecule has 0 unspecified atom stereocenters. The van der Waals surface area contributed by atoms with E-state index in [2.05, 4.69) is 21.3 Å². The number of urea groups is 1. The van der Waals surface area contributed by atoms with Gasteiger partial charge in [0.15, 0.2) is 0 Å². The van der Waals surface area contributed by atoms with Crippen LogP contribution in [-0.2, 0) is 30.4 Å². The van der Waals surface area contributed by atoms with E-state index in [9.17, 15) is 67.0 Å². The lowest BCUT2D eigenvalue weighted by molar-refractivity contribution is 0.101. The van der Waals surface area contributed by atoms with E-state index in [-0.39, 0.29) is 55.4 Å². The van der Waals surface area contributed by atoms with Crippen LogP contribution in [0.5, 0.6) is 0 Å². The largest absolute Gasteiger partial charge is 0.323 e. The summed E-state index contributed by atoms with van der Waals surface area (Å²) in [6.07, 6.45) is 0. The topological polar surface area (TPSA) is 323 Å². The fraction of sp³-hybridized carbons (Fsp3) is 0. The third kappa shape index (κ3) is 9.57. The van der Waals surface area contributed by atoms with Gasteiger partial charge >= 0.3 is 6.03 Å². The Hall–Kier alpha value is -5.99. The molecule has 302 valence electrons.